The number of thiocarbonyl (C=S) groups is 1. The van der Waals surface area contributed by atoms with E-state index in [9.17, 15) is 0 Å². The Kier molecular flexibility index (Phi) is 4.49. The molecule has 1 saturated heterocycles. The zero-order valence-corrected chi connectivity index (χ0v) is 11.5. The summed E-state index contributed by atoms with van der Waals surface area (Å²) in [4.78, 5) is 7.20. The number of hydrogen-bond donors (Lipinski definition) is 2. The summed E-state index contributed by atoms with van der Waals surface area (Å²) in [6.07, 6.45) is 4.36. The summed E-state index contributed by atoms with van der Waals surface area (Å²) in [5, 5.41) is 3.35. The molecule has 3 N–H and O–H groups in total. The molecule has 18 heavy (non-hydrogen) atoms. The summed E-state index contributed by atoms with van der Waals surface area (Å²) in [5.41, 5.74) is 6.34. The van der Waals surface area contributed by atoms with Gasteiger partial charge in [-0.2, -0.15) is 0 Å². The SMILES string of the molecule is CC(CNc1ccc(C(N)=S)cn1)N1CCCC1. The van der Waals surface area contributed by atoms with Gasteiger partial charge in [0.1, 0.15) is 10.8 Å². The summed E-state index contributed by atoms with van der Waals surface area (Å²) < 4.78 is 0. The number of nitrogens with one attached hydrogen (secondary N) is 1. The van der Waals surface area contributed by atoms with Gasteiger partial charge in [-0.1, -0.05) is 12.2 Å². The normalized spacial score (nSPS) is 17.6. The third-order valence-electron chi connectivity index (χ3n) is 3.39. The first kappa shape index (κ1) is 13.2. The maximum Gasteiger partial charge on any atom is 0.125 e. The molecule has 1 aromatic heterocycles. The standard InChI is InChI=1S/C13H20N4S/c1-10(17-6-2-3-7-17)8-15-12-5-4-11(9-16-12)13(14)18/h4-5,9-10H,2-3,6-8H2,1H3,(H2,14,18)(H,15,16). The van der Waals surface area contributed by atoms with Crippen LogP contribution in [-0.4, -0.2) is 40.5 Å². The van der Waals surface area contributed by atoms with E-state index in [1.165, 1.54) is 25.9 Å². The first-order valence-electron chi connectivity index (χ1n) is 6.40. The van der Waals surface area contributed by atoms with Gasteiger partial charge >= 0.3 is 0 Å². The highest BCUT2D eigenvalue weighted by Crippen LogP contribution is 2.12. The van der Waals surface area contributed by atoms with Crippen molar-refractivity contribution in [3.8, 4) is 0 Å². The maximum absolute atomic E-state index is 5.53. The van der Waals surface area contributed by atoms with Gasteiger partial charge in [-0.15, -0.1) is 0 Å². The lowest BCUT2D eigenvalue weighted by Crippen LogP contribution is -2.35. The van der Waals surface area contributed by atoms with Crippen LogP contribution in [0, 0.1) is 0 Å². The molecule has 0 saturated carbocycles. The molecule has 1 aromatic rings. The summed E-state index contributed by atoms with van der Waals surface area (Å²) >= 11 is 4.89. The molecule has 0 spiro atoms. The van der Waals surface area contributed by atoms with Crippen LogP contribution >= 0.6 is 12.2 Å². The van der Waals surface area contributed by atoms with Crippen LogP contribution in [0.5, 0.6) is 0 Å². The number of anilines is 1. The monoisotopic (exact) mass is 264 g/mol. The Labute approximate surface area is 114 Å². The quantitative estimate of drug-likeness (QED) is 0.791. The predicted molar refractivity (Wildman–Crippen MR) is 78.9 cm³/mol. The molecule has 0 aromatic carbocycles. The second-order valence-electron chi connectivity index (χ2n) is 4.77. The molecule has 1 fully saturated rings. The molecular formula is C13H20N4S. The average Bonchev–Trinajstić information content (AvgIpc) is 2.90. The fourth-order valence-corrected chi connectivity index (χ4v) is 2.33. The molecule has 5 heteroatoms. The van der Waals surface area contributed by atoms with Crippen molar-refractivity contribution in [2.24, 2.45) is 5.73 Å². The molecule has 4 nitrogen and oxygen atoms in total. The minimum atomic E-state index is 0.388. The lowest BCUT2D eigenvalue weighted by molar-refractivity contribution is 0.269. The molecule has 2 rings (SSSR count). The number of aromatic nitrogens is 1. The number of likely N-dealkylation sites (tertiary alicyclic amines) is 1. The highest BCUT2D eigenvalue weighted by Gasteiger charge is 2.17. The number of hydrogen-bond acceptors (Lipinski definition) is 4. The molecule has 0 aliphatic carbocycles. The predicted octanol–water partition coefficient (Wildman–Crippen LogP) is 1.61. The van der Waals surface area contributed by atoms with Crippen LogP contribution < -0.4 is 11.1 Å². The van der Waals surface area contributed by atoms with Crippen molar-refractivity contribution in [2.45, 2.75) is 25.8 Å². The Morgan fingerprint density at radius 2 is 2.22 bits per heavy atom. The lowest BCUT2D eigenvalue weighted by Gasteiger charge is -2.24. The molecule has 0 bridgehead atoms. The van der Waals surface area contributed by atoms with Gasteiger partial charge in [-0.3, -0.25) is 4.90 Å². The molecule has 0 amide bonds. The van der Waals surface area contributed by atoms with E-state index in [1.807, 2.05) is 12.1 Å². The van der Waals surface area contributed by atoms with Gasteiger partial charge < -0.3 is 11.1 Å². The van der Waals surface area contributed by atoms with Gasteiger partial charge in [0.2, 0.25) is 0 Å². The van der Waals surface area contributed by atoms with Crippen LogP contribution in [0.15, 0.2) is 18.3 Å². The number of nitrogens with two attached hydrogens (primary N) is 1. The second kappa shape index (κ2) is 6.11. The van der Waals surface area contributed by atoms with Crippen LogP contribution in [0.4, 0.5) is 5.82 Å². The van der Waals surface area contributed by atoms with Crippen LogP contribution in [0.3, 0.4) is 0 Å². The maximum atomic E-state index is 5.53. The van der Waals surface area contributed by atoms with Gasteiger partial charge in [0.25, 0.3) is 0 Å². The van der Waals surface area contributed by atoms with Crippen LogP contribution in [-0.2, 0) is 0 Å². The van der Waals surface area contributed by atoms with Crippen molar-refractivity contribution >= 4 is 23.0 Å². The minimum absolute atomic E-state index is 0.388. The number of pyridine rings is 1. The third-order valence-corrected chi connectivity index (χ3v) is 3.63. The smallest absolute Gasteiger partial charge is 0.125 e. The molecular weight excluding hydrogens is 244 g/mol. The number of nitrogens with zero attached hydrogens (tertiary/aromatic N) is 2. The van der Waals surface area contributed by atoms with Crippen LogP contribution in [0.25, 0.3) is 0 Å². The second-order valence-corrected chi connectivity index (χ2v) is 5.21. The van der Waals surface area contributed by atoms with E-state index < -0.39 is 0 Å². The molecule has 1 aliphatic heterocycles. The van der Waals surface area contributed by atoms with E-state index in [4.69, 9.17) is 18.0 Å². The van der Waals surface area contributed by atoms with E-state index in [1.54, 1.807) is 6.20 Å². The summed E-state index contributed by atoms with van der Waals surface area (Å²) in [7, 11) is 0. The number of rotatable bonds is 5. The molecule has 1 unspecified atom stereocenters. The van der Waals surface area contributed by atoms with E-state index in [-0.39, 0.29) is 0 Å². The highest BCUT2D eigenvalue weighted by molar-refractivity contribution is 7.80. The third kappa shape index (κ3) is 3.40. The van der Waals surface area contributed by atoms with Crippen molar-refractivity contribution in [1.82, 2.24) is 9.88 Å². The van der Waals surface area contributed by atoms with Gasteiger partial charge in [-0.05, 0) is 45.0 Å². The summed E-state index contributed by atoms with van der Waals surface area (Å²) in [5.74, 6) is 0.876. The van der Waals surface area contributed by atoms with E-state index in [0.29, 0.717) is 11.0 Å². The van der Waals surface area contributed by atoms with E-state index >= 15 is 0 Å². The Morgan fingerprint density at radius 1 is 1.50 bits per heavy atom. The highest BCUT2D eigenvalue weighted by atomic mass is 32.1. The van der Waals surface area contributed by atoms with Gasteiger partial charge in [0, 0.05) is 24.3 Å². The molecule has 98 valence electrons. The van der Waals surface area contributed by atoms with Gasteiger partial charge in [0.15, 0.2) is 0 Å². The van der Waals surface area contributed by atoms with Crippen molar-refractivity contribution in [1.29, 1.82) is 0 Å². The van der Waals surface area contributed by atoms with Crippen LogP contribution in [0.2, 0.25) is 0 Å². The van der Waals surface area contributed by atoms with Crippen LogP contribution in [0.1, 0.15) is 25.3 Å². The molecule has 2 heterocycles. The Balaban J connectivity index is 1.84. The van der Waals surface area contributed by atoms with Gasteiger partial charge in [0.05, 0.1) is 0 Å². The zero-order chi connectivity index (χ0) is 13.0. The van der Waals surface area contributed by atoms with Crippen molar-refractivity contribution in [3.05, 3.63) is 23.9 Å². The largest absolute Gasteiger partial charge is 0.389 e. The van der Waals surface area contributed by atoms with Crippen molar-refractivity contribution in [2.75, 3.05) is 25.0 Å². The van der Waals surface area contributed by atoms with Gasteiger partial charge in [-0.25, -0.2) is 4.98 Å². The minimum Gasteiger partial charge on any atom is -0.389 e. The first-order chi connectivity index (χ1) is 8.66. The first-order valence-corrected chi connectivity index (χ1v) is 6.81. The fraction of sp³-hybridized carbons (Fsp3) is 0.538. The molecule has 1 atom stereocenters. The molecule has 1 aliphatic rings. The fourth-order valence-electron chi connectivity index (χ4n) is 2.21. The summed E-state index contributed by atoms with van der Waals surface area (Å²) in [6, 6.07) is 4.37. The van der Waals surface area contributed by atoms with E-state index in [0.717, 1.165) is 17.9 Å². The van der Waals surface area contributed by atoms with Crippen molar-refractivity contribution < 1.29 is 0 Å². The lowest BCUT2D eigenvalue weighted by atomic mass is 10.2. The molecule has 0 radical (unpaired) electrons. The zero-order valence-electron chi connectivity index (χ0n) is 10.7. The van der Waals surface area contributed by atoms with E-state index in [2.05, 4.69) is 22.1 Å². The Bertz CT molecular complexity index is 398. The Morgan fingerprint density at radius 3 is 2.78 bits per heavy atom. The average molecular weight is 264 g/mol. The summed E-state index contributed by atoms with van der Waals surface area (Å²) in [6.45, 7) is 5.61. The van der Waals surface area contributed by atoms with Crippen molar-refractivity contribution in [3.63, 3.8) is 0 Å². The Hall–Kier alpha value is -1.20. The topological polar surface area (TPSA) is 54.2 Å².